The lowest BCUT2D eigenvalue weighted by atomic mass is 9.79. The Morgan fingerprint density at radius 3 is 2.44 bits per heavy atom. The molecule has 36 heavy (non-hydrogen) atoms. The van der Waals surface area contributed by atoms with Gasteiger partial charge >= 0.3 is 6.03 Å². The van der Waals surface area contributed by atoms with Gasteiger partial charge in [-0.15, -0.1) is 6.42 Å². The quantitative estimate of drug-likeness (QED) is 0.584. The van der Waals surface area contributed by atoms with Crippen LogP contribution in [0.3, 0.4) is 0 Å². The smallest absolute Gasteiger partial charge is 0.319 e. The van der Waals surface area contributed by atoms with Crippen LogP contribution in [0, 0.1) is 12.3 Å². The third-order valence-corrected chi connectivity index (χ3v) is 7.77. The van der Waals surface area contributed by atoms with E-state index < -0.39 is 5.67 Å². The van der Waals surface area contributed by atoms with Gasteiger partial charge in [0, 0.05) is 49.4 Å². The summed E-state index contributed by atoms with van der Waals surface area (Å²) < 4.78 is 21.0. The lowest BCUT2D eigenvalue weighted by molar-refractivity contribution is 0.0421. The molecule has 0 spiro atoms. The normalized spacial score (nSPS) is 21.3. The fraction of sp³-hybridized carbons (Fsp3) is 0.448. The van der Waals surface area contributed by atoms with Crippen LogP contribution in [0.5, 0.6) is 0 Å². The predicted octanol–water partition coefficient (Wildman–Crippen LogP) is 4.95. The van der Waals surface area contributed by atoms with E-state index in [1.807, 2.05) is 12.1 Å². The molecule has 2 saturated heterocycles. The minimum Gasteiger partial charge on any atom is -0.379 e. The monoisotopic (exact) mass is 489 g/mol. The van der Waals surface area contributed by atoms with Crippen molar-refractivity contribution in [3.05, 3.63) is 64.7 Å². The summed E-state index contributed by atoms with van der Waals surface area (Å²) in [6, 6.07) is 12.3. The van der Waals surface area contributed by atoms with E-state index in [1.54, 1.807) is 35.2 Å². The van der Waals surface area contributed by atoms with Crippen LogP contribution in [0.15, 0.2) is 42.5 Å². The average Bonchev–Trinajstić information content (AvgIpc) is 3.37. The van der Waals surface area contributed by atoms with E-state index in [0.29, 0.717) is 49.0 Å². The lowest BCUT2D eigenvalue weighted by Gasteiger charge is -2.37. The molecule has 1 atom stereocenters. The van der Waals surface area contributed by atoms with E-state index in [-0.39, 0.29) is 30.8 Å². The largest absolute Gasteiger partial charge is 0.379 e. The molecule has 2 aliphatic heterocycles. The number of amides is 3. The van der Waals surface area contributed by atoms with E-state index in [1.165, 1.54) is 6.42 Å². The molecule has 7 heteroatoms. The zero-order valence-corrected chi connectivity index (χ0v) is 20.4. The molecular formula is C29H32FN3O3. The third-order valence-electron chi connectivity index (χ3n) is 7.77. The van der Waals surface area contributed by atoms with Crippen LogP contribution >= 0.6 is 0 Å². The first-order valence-corrected chi connectivity index (χ1v) is 12.8. The van der Waals surface area contributed by atoms with Crippen LogP contribution in [0.1, 0.15) is 71.5 Å². The molecule has 2 heterocycles. The molecule has 3 amide bonds. The van der Waals surface area contributed by atoms with Crippen LogP contribution in [0.25, 0.3) is 0 Å². The molecule has 0 aromatic heterocycles. The van der Waals surface area contributed by atoms with Crippen LogP contribution in [-0.2, 0) is 10.4 Å². The van der Waals surface area contributed by atoms with Crippen molar-refractivity contribution in [2.75, 3.05) is 31.6 Å². The van der Waals surface area contributed by atoms with Gasteiger partial charge in [0.25, 0.3) is 5.91 Å². The number of rotatable bonds is 5. The number of terminal acetylenes is 1. The number of likely N-dealkylation sites (tertiary alicyclic amines) is 1. The second kappa shape index (κ2) is 10.3. The van der Waals surface area contributed by atoms with Gasteiger partial charge in [-0.05, 0) is 60.6 Å². The summed E-state index contributed by atoms with van der Waals surface area (Å²) in [5, 5.41) is 5.93. The molecular weight excluding hydrogens is 457 g/mol. The molecule has 2 N–H and O–H groups in total. The van der Waals surface area contributed by atoms with Gasteiger partial charge in [-0.2, -0.15) is 0 Å². The predicted molar refractivity (Wildman–Crippen MR) is 137 cm³/mol. The Hall–Kier alpha value is -3.37. The van der Waals surface area contributed by atoms with Crippen molar-refractivity contribution in [3.8, 4) is 12.3 Å². The number of carbonyl (C=O) groups excluding carboxylic acids is 2. The van der Waals surface area contributed by atoms with Crippen molar-refractivity contribution in [2.24, 2.45) is 0 Å². The van der Waals surface area contributed by atoms with E-state index in [9.17, 15) is 9.59 Å². The molecule has 1 saturated carbocycles. The lowest BCUT2D eigenvalue weighted by Crippen LogP contribution is -2.43. The molecule has 6 nitrogen and oxygen atoms in total. The van der Waals surface area contributed by atoms with Gasteiger partial charge in [-0.25, -0.2) is 9.18 Å². The number of halogens is 1. The number of ether oxygens (including phenoxy) is 1. The maximum atomic E-state index is 15.7. The molecule has 0 radical (unpaired) electrons. The molecule has 3 fully saturated rings. The Bertz CT molecular complexity index is 1160. The topological polar surface area (TPSA) is 70.7 Å². The molecule has 5 rings (SSSR count). The standard InChI is InChI=1S/C29H32FN3O3/c1-2-20-6-9-23(10-7-20)29(30)13-15-33(16-14-29)27(34)22-8-11-25(21-4-3-5-21)26(18-22)32-28(35)31-24-12-17-36-19-24/h1,6-11,18,21,24H,3-5,12-17,19H2,(H2,31,32,35)/t24-/m1/s1. The Balaban J connectivity index is 1.27. The van der Waals surface area contributed by atoms with Crippen molar-refractivity contribution in [1.82, 2.24) is 10.2 Å². The molecule has 2 aromatic carbocycles. The van der Waals surface area contributed by atoms with Gasteiger partial charge in [0.2, 0.25) is 0 Å². The first-order chi connectivity index (χ1) is 17.4. The second-order valence-corrected chi connectivity index (χ2v) is 10.1. The van der Waals surface area contributed by atoms with Gasteiger partial charge in [0.15, 0.2) is 0 Å². The van der Waals surface area contributed by atoms with Gasteiger partial charge in [0.05, 0.1) is 12.6 Å². The first-order valence-electron chi connectivity index (χ1n) is 12.8. The van der Waals surface area contributed by atoms with Crippen molar-refractivity contribution < 1.29 is 18.7 Å². The van der Waals surface area contributed by atoms with Crippen molar-refractivity contribution in [2.45, 2.75) is 56.2 Å². The maximum Gasteiger partial charge on any atom is 0.319 e. The fourth-order valence-corrected chi connectivity index (χ4v) is 5.27. The minimum absolute atomic E-state index is 0.000873. The van der Waals surface area contributed by atoms with Crippen LogP contribution < -0.4 is 10.6 Å². The van der Waals surface area contributed by atoms with Crippen molar-refractivity contribution >= 4 is 17.6 Å². The number of hydrogen-bond donors (Lipinski definition) is 2. The number of urea groups is 1. The van der Waals surface area contributed by atoms with E-state index >= 15 is 4.39 Å². The first kappa shape index (κ1) is 24.3. The SMILES string of the molecule is C#Cc1ccc(C2(F)CCN(C(=O)c3ccc(C4CCC4)c(NC(=O)N[C@@H]4CCOC4)c3)CC2)cc1. The number of piperidine rings is 1. The highest BCUT2D eigenvalue weighted by Gasteiger charge is 2.38. The summed E-state index contributed by atoms with van der Waals surface area (Å²) in [6.07, 6.45) is 9.98. The highest BCUT2D eigenvalue weighted by molar-refractivity contribution is 5.97. The molecule has 0 unspecified atom stereocenters. The highest BCUT2D eigenvalue weighted by Crippen LogP contribution is 2.41. The zero-order chi connectivity index (χ0) is 25.1. The second-order valence-electron chi connectivity index (χ2n) is 10.1. The molecule has 188 valence electrons. The molecule has 0 bridgehead atoms. The Morgan fingerprint density at radius 1 is 1.08 bits per heavy atom. The zero-order valence-electron chi connectivity index (χ0n) is 20.4. The Labute approximate surface area is 211 Å². The van der Waals surface area contributed by atoms with Crippen LogP contribution in [0.2, 0.25) is 0 Å². The summed E-state index contributed by atoms with van der Waals surface area (Å²) in [4.78, 5) is 27.7. The van der Waals surface area contributed by atoms with Gasteiger partial charge in [-0.3, -0.25) is 4.79 Å². The third kappa shape index (κ3) is 5.10. The molecule has 2 aromatic rings. The Morgan fingerprint density at radius 2 is 1.83 bits per heavy atom. The highest BCUT2D eigenvalue weighted by atomic mass is 19.1. The van der Waals surface area contributed by atoms with E-state index in [2.05, 4.69) is 16.6 Å². The maximum absolute atomic E-state index is 15.7. The number of anilines is 1. The summed E-state index contributed by atoms with van der Waals surface area (Å²) in [7, 11) is 0. The van der Waals surface area contributed by atoms with E-state index in [4.69, 9.17) is 11.2 Å². The van der Waals surface area contributed by atoms with Crippen molar-refractivity contribution in [1.29, 1.82) is 0 Å². The average molecular weight is 490 g/mol. The summed E-state index contributed by atoms with van der Waals surface area (Å²) in [6.45, 7) is 1.80. The summed E-state index contributed by atoms with van der Waals surface area (Å²) in [5.74, 6) is 2.80. The van der Waals surface area contributed by atoms with Gasteiger partial charge < -0.3 is 20.3 Å². The van der Waals surface area contributed by atoms with E-state index in [0.717, 1.165) is 30.4 Å². The number of nitrogens with zero attached hydrogens (tertiary/aromatic N) is 1. The molecule has 1 aliphatic carbocycles. The minimum atomic E-state index is -1.48. The molecule has 3 aliphatic rings. The van der Waals surface area contributed by atoms with Gasteiger partial charge in [0.1, 0.15) is 5.67 Å². The number of carbonyl (C=O) groups is 2. The number of benzene rings is 2. The summed E-state index contributed by atoms with van der Waals surface area (Å²) >= 11 is 0. The van der Waals surface area contributed by atoms with Crippen molar-refractivity contribution in [3.63, 3.8) is 0 Å². The number of hydrogen-bond acceptors (Lipinski definition) is 3. The summed E-state index contributed by atoms with van der Waals surface area (Å²) in [5.41, 5.74) is 2.08. The fourth-order valence-electron chi connectivity index (χ4n) is 5.27. The van der Waals surface area contributed by atoms with Crippen LogP contribution in [-0.4, -0.2) is 49.2 Å². The number of alkyl halides is 1. The number of nitrogens with one attached hydrogen (secondary N) is 2. The van der Waals surface area contributed by atoms with Gasteiger partial charge in [-0.1, -0.05) is 30.5 Å². The Kier molecular flexibility index (Phi) is 6.97. The van der Waals surface area contributed by atoms with Crippen LogP contribution in [0.4, 0.5) is 14.9 Å².